The summed E-state index contributed by atoms with van der Waals surface area (Å²) in [5, 5.41) is 9.57. The Morgan fingerprint density at radius 2 is 2.05 bits per heavy atom. The summed E-state index contributed by atoms with van der Waals surface area (Å²) >= 11 is 0. The molecule has 1 heterocycles. The van der Waals surface area contributed by atoms with Crippen LogP contribution in [0.25, 0.3) is 0 Å². The molecular weight excluding hydrogens is 280 g/mol. The van der Waals surface area contributed by atoms with E-state index in [9.17, 15) is 18.7 Å². The maximum absolute atomic E-state index is 13.4. The van der Waals surface area contributed by atoms with Gasteiger partial charge in [0, 0.05) is 19.2 Å². The van der Waals surface area contributed by atoms with Crippen molar-refractivity contribution >= 4 is 5.97 Å². The molecule has 4 nitrogen and oxygen atoms in total. The van der Waals surface area contributed by atoms with E-state index < -0.39 is 23.0 Å². The molecule has 2 rings (SSSR count). The number of benzene rings is 1. The molecule has 0 radical (unpaired) electrons. The molecule has 2 atom stereocenters. The molecule has 0 saturated carbocycles. The van der Waals surface area contributed by atoms with Gasteiger partial charge in [0.2, 0.25) is 0 Å². The number of ether oxygens (including phenoxy) is 1. The zero-order valence-corrected chi connectivity index (χ0v) is 11.6. The monoisotopic (exact) mass is 299 g/mol. The van der Waals surface area contributed by atoms with Gasteiger partial charge in [0.25, 0.3) is 0 Å². The van der Waals surface area contributed by atoms with Crippen molar-refractivity contribution in [3.63, 3.8) is 0 Å². The topological polar surface area (TPSA) is 72.5 Å². The van der Waals surface area contributed by atoms with Crippen LogP contribution in [0.2, 0.25) is 0 Å². The van der Waals surface area contributed by atoms with E-state index in [1.54, 1.807) is 0 Å². The molecule has 21 heavy (non-hydrogen) atoms. The lowest BCUT2D eigenvalue weighted by Crippen LogP contribution is -2.43. The smallest absolute Gasteiger partial charge is 0.315 e. The molecule has 2 unspecified atom stereocenters. The van der Waals surface area contributed by atoms with Crippen LogP contribution >= 0.6 is 0 Å². The lowest BCUT2D eigenvalue weighted by atomic mass is 9.76. The molecule has 0 aromatic heterocycles. The fraction of sp³-hybridized carbons (Fsp3) is 0.533. The molecule has 0 spiro atoms. The molecule has 6 heteroatoms. The molecule has 0 aliphatic carbocycles. The summed E-state index contributed by atoms with van der Waals surface area (Å²) in [6.07, 6.45) is 2.50. The summed E-state index contributed by atoms with van der Waals surface area (Å²) in [5.41, 5.74) is 4.23. The Kier molecular flexibility index (Phi) is 4.90. The van der Waals surface area contributed by atoms with Crippen LogP contribution in [-0.2, 0) is 14.9 Å². The van der Waals surface area contributed by atoms with E-state index >= 15 is 0 Å². The van der Waals surface area contributed by atoms with E-state index in [0.29, 0.717) is 19.1 Å². The molecule has 0 bridgehead atoms. The molecule has 1 aromatic carbocycles. The van der Waals surface area contributed by atoms with Gasteiger partial charge in [-0.1, -0.05) is 0 Å². The van der Waals surface area contributed by atoms with Crippen LogP contribution in [0.3, 0.4) is 0 Å². The zero-order valence-electron chi connectivity index (χ0n) is 11.6. The van der Waals surface area contributed by atoms with Gasteiger partial charge >= 0.3 is 5.97 Å². The van der Waals surface area contributed by atoms with Crippen molar-refractivity contribution in [2.75, 3.05) is 13.2 Å². The predicted molar refractivity (Wildman–Crippen MR) is 72.9 cm³/mol. The van der Waals surface area contributed by atoms with Gasteiger partial charge in [0.05, 0.1) is 6.10 Å². The first kappa shape index (κ1) is 15.9. The van der Waals surface area contributed by atoms with E-state index in [2.05, 4.69) is 0 Å². The molecule has 1 saturated heterocycles. The van der Waals surface area contributed by atoms with Gasteiger partial charge < -0.3 is 15.6 Å². The highest BCUT2D eigenvalue weighted by atomic mass is 19.1. The normalized spacial score (nSPS) is 21.2. The highest BCUT2D eigenvalue weighted by Crippen LogP contribution is 2.32. The second kappa shape index (κ2) is 6.49. The Labute approximate surface area is 121 Å². The number of hydrogen-bond donors (Lipinski definition) is 2. The summed E-state index contributed by atoms with van der Waals surface area (Å²) in [4.78, 5) is 11.7. The van der Waals surface area contributed by atoms with Crippen LogP contribution in [0.5, 0.6) is 0 Å². The number of carbonyl (C=O) groups is 1. The highest BCUT2D eigenvalue weighted by Gasteiger charge is 2.40. The van der Waals surface area contributed by atoms with E-state index in [4.69, 9.17) is 10.5 Å². The number of aliphatic carboxylic acids is 1. The quantitative estimate of drug-likeness (QED) is 0.844. The first-order valence-corrected chi connectivity index (χ1v) is 6.99. The Bertz CT molecular complexity index is 497. The minimum Gasteiger partial charge on any atom is -0.481 e. The predicted octanol–water partition coefficient (Wildman–Crippen LogP) is 2.21. The van der Waals surface area contributed by atoms with E-state index in [0.717, 1.165) is 25.0 Å². The average molecular weight is 299 g/mol. The molecular formula is C15H19F2NO3. The zero-order chi connectivity index (χ0) is 15.5. The summed E-state index contributed by atoms with van der Waals surface area (Å²) in [7, 11) is 0. The van der Waals surface area contributed by atoms with Crippen molar-refractivity contribution in [3.05, 3.63) is 35.4 Å². The van der Waals surface area contributed by atoms with E-state index in [1.807, 2.05) is 0 Å². The van der Waals surface area contributed by atoms with Gasteiger partial charge in [-0.15, -0.1) is 0 Å². The van der Waals surface area contributed by atoms with Crippen molar-refractivity contribution in [3.8, 4) is 0 Å². The first-order chi connectivity index (χ1) is 9.98. The number of halogens is 2. The fourth-order valence-corrected chi connectivity index (χ4v) is 2.79. The number of carboxylic acids is 1. The summed E-state index contributed by atoms with van der Waals surface area (Å²) in [6.45, 7) is 0.444. The minimum atomic E-state index is -1.49. The molecule has 0 amide bonds. The third-order valence-electron chi connectivity index (χ3n) is 4.09. The lowest BCUT2D eigenvalue weighted by Gasteiger charge is -2.29. The molecule has 1 aromatic rings. The van der Waals surface area contributed by atoms with Crippen molar-refractivity contribution in [1.29, 1.82) is 0 Å². The van der Waals surface area contributed by atoms with Crippen LogP contribution in [-0.4, -0.2) is 30.3 Å². The number of carboxylic acid groups (broad SMARTS) is 1. The third-order valence-corrected chi connectivity index (χ3v) is 4.09. The minimum absolute atomic E-state index is 0.00585. The van der Waals surface area contributed by atoms with Gasteiger partial charge in [-0.05, 0) is 43.4 Å². The Morgan fingerprint density at radius 1 is 1.38 bits per heavy atom. The number of hydrogen-bond acceptors (Lipinski definition) is 3. The van der Waals surface area contributed by atoms with Crippen LogP contribution in [0.15, 0.2) is 18.2 Å². The van der Waals surface area contributed by atoms with Gasteiger partial charge in [0.1, 0.15) is 17.0 Å². The van der Waals surface area contributed by atoms with Crippen molar-refractivity contribution < 1.29 is 23.4 Å². The van der Waals surface area contributed by atoms with Crippen molar-refractivity contribution in [1.82, 2.24) is 0 Å². The van der Waals surface area contributed by atoms with Gasteiger partial charge in [-0.3, -0.25) is 4.79 Å². The second-order valence-corrected chi connectivity index (χ2v) is 5.42. The Balaban J connectivity index is 2.28. The van der Waals surface area contributed by atoms with Gasteiger partial charge in [0.15, 0.2) is 0 Å². The third kappa shape index (κ3) is 3.39. The van der Waals surface area contributed by atoms with Crippen LogP contribution in [0.4, 0.5) is 8.78 Å². The molecule has 3 N–H and O–H groups in total. The van der Waals surface area contributed by atoms with Crippen LogP contribution in [0.1, 0.15) is 31.2 Å². The molecule has 1 aliphatic rings. The Hall–Kier alpha value is -1.53. The Morgan fingerprint density at radius 3 is 2.52 bits per heavy atom. The number of nitrogens with two attached hydrogens (primary N) is 1. The first-order valence-electron chi connectivity index (χ1n) is 6.99. The summed E-state index contributed by atoms with van der Waals surface area (Å²) < 4.78 is 32.3. The second-order valence-electron chi connectivity index (χ2n) is 5.42. The molecule has 116 valence electrons. The summed E-state index contributed by atoms with van der Waals surface area (Å²) in [6, 6.07) is 2.80. The maximum atomic E-state index is 13.4. The standard InChI is InChI=1S/C15H19F2NO3/c16-11-6-10(7-12(17)8-11)15(9-18,14(19)20)4-3-13-2-1-5-21-13/h6-8,13H,1-5,9,18H2,(H,19,20). The maximum Gasteiger partial charge on any atom is 0.315 e. The largest absolute Gasteiger partial charge is 0.481 e. The van der Waals surface area contributed by atoms with Crippen LogP contribution < -0.4 is 5.73 Å². The van der Waals surface area contributed by atoms with Gasteiger partial charge in [-0.25, -0.2) is 8.78 Å². The van der Waals surface area contributed by atoms with Crippen LogP contribution in [0, 0.1) is 11.6 Å². The highest BCUT2D eigenvalue weighted by molar-refractivity contribution is 5.81. The van der Waals surface area contributed by atoms with Crippen molar-refractivity contribution in [2.24, 2.45) is 5.73 Å². The fourth-order valence-electron chi connectivity index (χ4n) is 2.79. The van der Waals surface area contributed by atoms with E-state index in [1.165, 1.54) is 0 Å². The lowest BCUT2D eigenvalue weighted by molar-refractivity contribution is -0.144. The van der Waals surface area contributed by atoms with Crippen molar-refractivity contribution in [2.45, 2.75) is 37.2 Å². The summed E-state index contributed by atoms with van der Waals surface area (Å²) in [5.74, 6) is -2.78. The number of rotatable bonds is 6. The van der Waals surface area contributed by atoms with E-state index in [-0.39, 0.29) is 24.6 Å². The molecule has 1 fully saturated rings. The van der Waals surface area contributed by atoms with Gasteiger partial charge in [-0.2, -0.15) is 0 Å². The SMILES string of the molecule is NCC(CCC1CCCO1)(C(=O)O)c1cc(F)cc(F)c1. The average Bonchev–Trinajstić information content (AvgIpc) is 2.91. The molecule has 1 aliphatic heterocycles.